The van der Waals surface area contributed by atoms with Gasteiger partial charge in [0.1, 0.15) is 0 Å². The zero-order chi connectivity index (χ0) is 20.1. The smallest absolute Gasteiger partial charge is 0.273 e. The number of aryl methyl sites for hydroxylation is 1. The van der Waals surface area contributed by atoms with Gasteiger partial charge in [0.25, 0.3) is 11.8 Å². The molecule has 0 fully saturated rings. The van der Waals surface area contributed by atoms with Crippen LogP contribution in [0.3, 0.4) is 0 Å². The van der Waals surface area contributed by atoms with Gasteiger partial charge in [-0.15, -0.1) is 0 Å². The molecule has 0 aliphatic heterocycles. The van der Waals surface area contributed by atoms with Gasteiger partial charge in [-0.2, -0.15) is 0 Å². The van der Waals surface area contributed by atoms with Gasteiger partial charge < -0.3 is 16.4 Å². The maximum absolute atomic E-state index is 12.6. The van der Waals surface area contributed by atoms with Gasteiger partial charge in [-0.3, -0.25) is 9.59 Å². The topological polar surface area (TPSA) is 110 Å². The van der Waals surface area contributed by atoms with Crippen LogP contribution in [0.5, 0.6) is 0 Å². The van der Waals surface area contributed by atoms with E-state index in [-0.39, 0.29) is 17.4 Å². The third-order valence-corrected chi connectivity index (χ3v) is 4.36. The van der Waals surface area contributed by atoms with Crippen molar-refractivity contribution in [1.82, 2.24) is 20.6 Å². The minimum absolute atomic E-state index is 0.0504. The highest BCUT2D eigenvalue weighted by molar-refractivity contribution is 5.97. The van der Waals surface area contributed by atoms with Crippen molar-refractivity contribution < 1.29 is 9.59 Å². The minimum atomic E-state index is -0.418. The standard InChI is InChI=1S/C21H21N5O2/c1-13-6-3-4-7-16(13)11-25-20(27)15-9-5-8-14(10-15)17-12-24-19(22)18(26-17)21(28)23-2/h3-10,12H,11H2,1-2H3,(H2,22,24)(H,23,28)(H,25,27). The van der Waals surface area contributed by atoms with Crippen LogP contribution in [0, 0.1) is 6.92 Å². The number of nitrogen functional groups attached to an aromatic ring is 1. The van der Waals surface area contributed by atoms with Crippen LogP contribution in [0.2, 0.25) is 0 Å². The van der Waals surface area contributed by atoms with Gasteiger partial charge in [0.05, 0.1) is 11.9 Å². The van der Waals surface area contributed by atoms with E-state index < -0.39 is 5.91 Å². The number of benzene rings is 2. The van der Waals surface area contributed by atoms with Crippen LogP contribution in [-0.2, 0) is 6.54 Å². The summed E-state index contributed by atoms with van der Waals surface area (Å²) in [5, 5.41) is 5.41. The van der Waals surface area contributed by atoms with Crippen LogP contribution in [0.1, 0.15) is 32.0 Å². The summed E-state index contributed by atoms with van der Waals surface area (Å²) in [7, 11) is 1.50. The normalized spacial score (nSPS) is 10.4. The lowest BCUT2D eigenvalue weighted by atomic mass is 10.1. The van der Waals surface area contributed by atoms with E-state index in [1.807, 2.05) is 31.2 Å². The number of aromatic nitrogens is 2. The third kappa shape index (κ3) is 4.15. The Morgan fingerprint density at radius 1 is 1.07 bits per heavy atom. The molecule has 0 bridgehead atoms. The molecule has 7 heteroatoms. The van der Waals surface area contributed by atoms with Crippen LogP contribution < -0.4 is 16.4 Å². The molecule has 1 heterocycles. The minimum Gasteiger partial charge on any atom is -0.382 e. The molecule has 142 valence electrons. The molecule has 0 spiro atoms. The Morgan fingerprint density at radius 2 is 1.86 bits per heavy atom. The van der Waals surface area contributed by atoms with Crippen LogP contribution in [-0.4, -0.2) is 28.8 Å². The van der Waals surface area contributed by atoms with Crippen LogP contribution in [0.15, 0.2) is 54.7 Å². The number of amides is 2. The molecule has 0 saturated heterocycles. The van der Waals surface area contributed by atoms with Gasteiger partial charge in [0.15, 0.2) is 11.5 Å². The Kier molecular flexibility index (Phi) is 5.64. The Hall–Kier alpha value is -3.74. The number of hydrogen-bond acceptors (Lipinski definition) is 5. The molecule has 0 saturated carbocycles. The molecule has 0 unspecified atom stereocenters. The van der Waals surface area contributed by atoms with Crippen molar-refractivity contribution in [3.63, 3.8) is 0 Å². The number of nitrogens with two attached hydrogens (primary N) is 1. The first-order chi connectivity index (χ1) is 13.5. The number of rotatable bonds is 5. The Bertz CT molecular complexity index is 1030. The summed E-state index contributed by atoms with van der Waals surface area (Å²) < 4.78 is 0. The van der Waals surface area contributed by atoms with Gasteiger partial charge >= 0.3 is 0 Å². The lowest BCUT2D eigenvalue weighted by Gasteiger charge is -2.10. The SMILES string of the molecule is CNC(=O)c1nc(-c2cccc(C(=O)NCc3ccccc3C)c2)cnc1N. The van der Waals surface area contributed by atoms with E-state index in [0.717, 1.165) is 11.1 Å². The van der Waals surface area contributed by atoms with Crippen LogP contribution in [0.4, 0.5) is 5.82 Å². The first-order valence-electron chi connectivity index (χ1n) is 8.77. The second kappa shape index (κ2) is 8.30. The van der Waals surface area contributed by atoms with E-state index in [1.165, 1.54) is 13.2 Å². The zero-order valence-electron chi connectivity index (χ0n) is 15.7. The summed E-state index contributed by atoms with van der Waals surface area (Å²) in [5.41, 5.74) is 9.58. The first-order valence-corrected chi connectivity index (χ1v) is 8.77. The first kappa shape index (κ1) is 19.0. The second-order valence-corrected chi connectivity index (χ2v) is 6.26. The van der Waals surface area contributed by atoms with Crippen molar-refractivity contribution in [3.05, 3.63) is 77.1 Å². The molecule has 0 atom stereocenters. The average Bonchev–Trinajstić information content (AvgIpc) is 2.73. The molecule has 1 aromatic heterocycles. The predicted molar refractivity (Wildman–Crippen MR) is 108 cm³/mol. The molecule has 7 nitrogen and oxygen atoms in total. The Labute approximate surface area is 163 Å². The van der Waals surface area contributed by atoms with Gasteiger partial charge in [-0.05, 0) is 30.2 Å². The van der Waals surface area contributed by atoms with Crippen molar-refractivity contribution in [2.75, 3.05) is 12.8 Å². The van der Waals surface area contributed by atoms with Gasteiger partial charge in [-0.1, -0.05) is 36.4 Å². The number of hydrogen-bond donors (Lipinski definition) is 3. The average molecular weight is 375 g/mol. The summed E-state index contributed by atoms with van der Waals surface area (Å²) >= 11 is 0. The fourth-order valence-electron chi connectivity index (χ4n) is 2.73. The van der Waals surface area contributed by atoms with E-state index in [9.17, 15) is 9.59 Å². The molecular formula is C21H21N5O2. The number of anilines is 1. The maximum atomic E-state index is 12.6. The van der Waals surface area contributed by atoms with Gasteiger partial charge in [-0.25, -0.2) is 9.97 Å². The van der Waals surface area contributed by atoms with Crippen LogP contribution in [0.25, 0.3) is 11.3 Å². The van der Waals surface area contributed by atoms with Crippen molar-refractivity contribution in [2.45, 2.75) is 13.5 Å². The number of carbonyl (C=O) groups is 2. The van der Waals surface area contributed by atoms with E-state index >= 15 is 0 Å². The Morgan fingerprint density at radius 3 is 2.61 bits per heavy atom. The molecule has 28 heavy (non-hydrogen) atoms. The highest BCUT2D eigenvalue weighted by Gasteiger charge is 2.14. The molecule has 3 rings (SSSR count). The quantitative estimate of drug-likeness (QED) is 0.634. The van der Waals surface area contributed by atoms with Crippen LogP contribution >= 0.6 is 0 Å². The summed E-state index contributed by atoms with van der Waals surface area (Å²) in [4.78, 5) is 32.8. The lowest BCUT2D eigenvalue weighted by Crippen LogP contribution is -2.23. The summed E-state index contributed by atoms with van der Waals surface area (Å²) in [6.07, 6.45) is 1.48. The highest BCUT2D eigenvalue weighted by atomic mass is 16.2. The Balaban J connectivity index is 1.81. The molecule has 0 radical (unpaired) electrons. The van der Waals surface area contributed by atoms with E-state index in [2.05, 4.69) is 20.6 Å². The fraction of sp³-hybridized carbons (Fsp3) is 0.143. The van der Waals surface area contributed by atoms with E-state index in [1.54, 1.807) is 24.3 Å². The largest absolute Gasteiger partial charge is 0.382 e. The summed E-state index contributed by atoms with van der Waals surface area (Å²) in [6, 6.07) is 14.9. The predicted octanol–water partition coefficient (Wildman–Crippen LogP) is 2.32. The van der Waals surface area contributed by atoms with E-state index in [4.69, 9.17) is 5.73 Å². The van der Waals surface area contributed by atoms with Gasteiger partial charge in [0.2, 0.25) is 0 Å². The fourth-order valence-corrected chi connectivity index (χ4v) is 2.73. The molecule has 0 aliphatic carbocycles. The molecule has 2 amide bonds. The summed E-state index contributed by atoms with van der Waals surface area (Å²) in [6.45, 7) is 2.45. The highest BCUT2D eigenvalue weighted by Crippen LogP contribution is 2.20. The number of carbonyl (C=O) groups excluding carboxylic acids is 2. The lowest BCUT2D eigenvalue weighted by molar-refractivity contribution is 0.0945. The third-order valence-electron chi connectivity index (χ3n) is 4.36. The molecule has 4 N–H and O–H groups in total. The van der Waals surface area contributed by atoms with Crippen molar-refractivity contribution in [3.8, 4) is 11.3 Å². The van der Waals surface area contributed by atoms with Crippen molar-refractivity contribution >= 4 is 17.6 Å². The molecule has 0 aliphatic rings. The van der Waals surface area contributed by atoms with E-state index in [0.29, 0.717) is 23.4 Å². The number of nitrogens with one attached hydrogen (secondary N) is 2. The second-order valence-electron chi connectivity index (χ2n) is 6.26. The van der Waals surface area contributed by atoms with Gasteiger partial charge in [0, 0.05) is 24.7 Å². The van der Waals surface area contributed by atoms with Crippen molar-refractivity contribution in [2.24, 2.45) is 0 Å². The molecule has 2 aromatic carbocycles. The summed E-state index contributed by atoms with van der Waals surface area (Å²) in [5.74, 6) is -0.561. The zero-order valence-corrected chi connectivity index (χ0v) is 15.7. The van der Waals surface area contributed by atoms with Crippen molar-refractivity contribution in [1.29, 1.82) is 0 Å². The molecular weight excluding hydrogens is 354 g/mol. The monoisotopic (exact) mass is 375 g/mol. The number of nitrogens with zero attached hydrogens (tertiary/aromatic N) is 2. The maximum Gasteiger partial charge on any atom is 0.273 e. The molecule has 3 aromatic rings.